The second-order valence-electron chi connectivity index (χ2n) is 27.5. The molecule has 0 rings (SSSR count). The van der Waals surface area contributed by atoms with E-state index in [0.29, 0.717) is 17.4 Å². The Morgan fingerprint density at radius 1 is 0.395 bits per heavy atom. The monoisotopic (exact) mass is 1230 g/mol. The number of phosphoric ester groups is 1. The lowest BCUT2D eigenvalue weighted by molar-refractivity contribution is -0.870. The number of nitrogens with zero attached hydrogens (tertiary/aromatic N) is 1. The molecule has 86 heavy (non-hydrogen) atoms. The highest BCUT2D eigenvalue weighted by Gasteiger charge is 2.27. The highest BCUT2D eigenvalue weighted by Crippen LogP contribution is 2.38. The van der Waals surface area contributed by atoms with Crippen LogP contribution in [0, 0.1) is 0 Å². The molecule has 0 radical (unpaired) electrons. The number of allylic oxidation sites excluding steroid dienone is 3. The van der Waals surface area contributed by atoms with Crippen LogP contribution in [0.1, 0.15) is 400 Å². The Morgan fingerprint density at radius 3 is 0.988 bits per heavy atom. The number of esters is 1. The standard InChI is InChI=1S/C76H149N2O7P/c1-7-10-13-16-19-22-25-28-30-32-34-36-37-38-39-40-41-43-45-47-49-51-54-57-60-63-66-69-76(80)85-74(67-64-61-58-55-52-27-24-21-18-15-12-9-3)73(72-84-86(81,82)83-71-70-78(4,5)6)77-75(79)68-65-62-59-56-53-50-48-46-44-42-35-33-31-29-26-23-20-17-14-11-8-2/h28,30,64,67,73-74H,7-27,29,31-63,65-66,68-72H2,1-6H3,(H-,77,79,81,82)/b30-28+,67-64+. The maximum absolute atomic E-state index is 13.6. The largest absolute Gasteiger partial charge is 0.756 e. The van der Waals surface area contributed by atoms with Crippen molar-refractivity contribution in [3.05, 3.63) is 24.3 Å². The van der Waals surface area contributed by atoms with E-state index in [1.54, 1.807) is 0 Å². The summed E-state index contributed by atoms with van der Waals surface area (Å²) in [4.78, 5) is 40.2. The van der Waals surface area contributed by atoms with Gasteiger partial charge in [-0.05, 0) is 57.4 Å². The van der Waals surface area contributed by atoms with Gasteiger partial charge in [-0.2, -0.15) is 0 Å². The van der Waals surface area contributed by atoms with Crippen molar-refractivity contribution in [1.29, 1.82) is 0 Å². The molecule has 0 aromatic heterocycles. The average molecular weight is 1230 g/mol. The lowest BCUT2D eigenvalue weighted by Crippen LogP contribution is -2.47. The first-order chi connectivity index (χ1) is 41.9. The summed E-state index contributed by atoms with van der Waals surface area (Å²) in [6, 6.07) is -0.883. The van der Waals surface area contributed by atoms with Crippen LogP contribution in [0.2, 0.25) is 0 Å². The molecule has 3 atom stereocenters. The van der Waals surface area contributed by atoms with E-state index in [1.165, 1.54) is 308 Å². The van der Waals surface area contributed by atoms with Crippen LogP contribution in [-0.2, 0) is 27.9 Å². The highest BCUT2D eigenvalue weighted by atomic mass is 31.2. The normalized spacial score (nSPS) is 13.5. The van der Waals surface area contributed by atoms with E-state index in [0.717, 1.165) is 57.8 Å². The van der Waals surface area contributed by atoms with E-state index >= 15 is 0 Å². The van der Waals surface area contributed by atoms with E-state index in [4.69, 9.17) is 13.8 Å². The van der Waals surface area contributed by atoms with Crippen LogP contribution < -0.4 is 10.2 Å². The van der Waals surface area contributed by atoms with Gasteiger partial charge in [-0.25, -0.2) is 0 Å². The average Bonchev–Trinajstić information content (AvgIpc) is 3.65. The topological polar surface area (TPSA) is 114 Å². The van der Waals surface area contributed by atoms with Gasteiger partial charge >= 0.3 is 5.97 Å². The lowest BCUT2D eigenvalue weighted by Gasteiger charge is -2.30. The minimum atomic E-state index is -4.70. The molecule has 0 aliphatic carbocycles. The fourth-order valence-corrected chi connectivity index (χ4v) is 12.5. The molecule has 1 N–H and O–H groups in total. The third-order valence-corrected chi connectivity index (χ3v) is 18.6. The molecule has 0 aromatic carbocycles. The number of phosphoric acid groups is 1. The maximum atomic E-state index is 13.6. The van der Waals surface area contributed by atoms with E-state index in [2.05, 4.69) is 38.2 Å². The number of unbranched alkanes of at least 4 members (excludes halogenated alkanes) is 53. The molecular formula is C76H149N2O7P. The second kappa shape index (κ2) is 66.4. The van der Waals surface area contributed by atoms with Gasteiger partial charge in [0.2, 0.25) is 5.91 Å². The van der Waals surface area contributed by atoms with Crippen LogP contribution in [0.4, 0.5) is 0 Å². The van der Waals surface area contributed by atoms with Crippen molar-refractivity contribution in [3.8, 4) is 0 Å². The summed E-state index contributed by atoms with van der Waals surface area (Å²) in [5.74, 6) is -0.514. The van der Waals surface area contributed by atoms with Crippen LogP contribution in [0.15, 0.2) is 24.3 Å². The third kappa shape index (κ3) is 66.9. The lowest BCUT2D eigenvalue weighted by atomic mass is 10.0. The summed E-state index contributed by atoms with van der Waals surface area (Å²) < 4.78 is 30.5. The number of hydrogen-bond acceptors (Lipinski definition) is 7. The summed E-state index contributed by atoms with van der Waals surface area (Å²) >= 11 is 0. The van der Waals surface area contributed by atoms with Crippen LogP contribution in [0.3, 0.4) is 0 Å². The number of carbonyl (C=O) groups excluding carboxylic acids is 2. The number of amides is 1. The Labute approximate surface area is 536 Å². The van der Waals surface area contributed by atoms with Crippen LogP contribution >= 0.6 is 7.82 Å². The predicted molar refractivity (Wildman–Crippen MR) is 372 cm³/mol. The van der Waals surface area contributed by atoms with E-state index < -0.39 is 20.0 Å². The fraction of sp³-hybridized carbons (Fsp3) is 0.921. The number of quaternary nitrogens is 1. The van der Waals surface area contributed by atoms with E-state index in [-0.39, 0.29) is 31.5 Å². The summed E-state index contributed by atoms with van der Waals surface area (Å²) in [5.41, 5.74) is 0. The van der Waals surface area contributed by atoms with Gasteiger partial charge in [-0.1, -0.05) is 354 Å². The molecule has 0 saturated heterocycles. The zero-order valence-electron chi connectivity index (χ0n) is 58.6. The smallest absolute Gasteiger partial charge is 0.306 e. The molecule has 1 amide bonds. The third-order valence-electron chi connectivity index (χ3n) is 17.6. The predicted octanol–water partition coefficient (Wildman–Crippen LogP) is 23.8. The number of nitrogens with one attached hydrogen (secondary N) is 1. The zero-order chi connectivity index (χ0) is 62.8. The van der Waals surface area contributed by atoms with E-state index in [9.17, 15) is 19.0 Å². The molecule has 0 aliphatic rings. The van der Waals surface area contributed by atoms with Crippen molar-refractivity contribution >= 4 is 19.7 Å². The van der Waals surface area contributed by atoms with Crippen LogP contribution in [0.5, 0.6) is 0 Å². The molecule has 0 fully saturated rings. The van der Waals surface area contributed by atoms with Crippen molar-refractivity contribution < 1.29 is 37.3 Å². The summed E-state index contributed by atoms with van der Waals surface area (Å²) in [6.45, 7) is 6.92. The quantitative estimate of drug-likeness (QED) is 0.0212. The molecule has 0 saturated carbocycles. The first-order valence-electron chi connectivity index (χ1n) is 38.1. The molecular weight excluding hydrogens is 1080 g/mol. The number of likely N-dealkylation sites (N-methyl/N-ethyl adjacent to an activating group) is 1. The number of rotatable bonds is 71. The summed E-state index contributed by atoms with van der Waals surface area (Å²) in [6.07, 6.45) is 81.8. The van der Waals surface area contributed by atoms with Crippen molar-refractivity contribution in [2.75, 3.05) is 40.9 Å². The van der Waals surface area contributed by atoms with Gasteiger partial charge in [0.05, 0.1) is 33.8 Å². The van der Waals surface area contributed by atoms with Crippen molar-refractivity contribution in [1.82, 2.24) is 5.32 Å². The molecule has 0 bridgehead atoms. The van der Waals surface area contributed by atoms with Gasteiger partial charge < -0.3 is 28.5 Å². The zero-order valence-corrected chi connectivity index (χ0v) is 59.5. The molecule has 0 aromatic rings. The SMILES string of the molecule is CCCCCCCC/C=C/CCCCCCCCCCCCCCCCCCCC(=O)OC(/C=C/CCCCCCCCCCCC)C(COP(=O)([O-])OCC[N+](C)(C)C)NC(=O)CCCCCCCCCCCCCCCCCCCCCCC. The Morgan fingerprint density at radius 2 is 0.674 bits per heavy atom. The minimum Gasteiger partial charge on any atom is -0.756 e. The Hall–Kier alpha value is -1.51. The van der Waals surface area contributed by atoms with Gasteiger partial charge in [-0.15, -0.1) is 0 Å². The Bertz CT molecular complexity index is 1520. The number of carbonyl (C=O) groups is 2. The molecule has 3 unspecified atom stereocenters. The summed E-state index contributed by atoms with van der Waals surface area (Å²) in [5, 5.41) is 3.06. The van der Waals surface area contributed by atoms with E-state index in [1.807, 2.05) is 33.3 Å². The second-order valence-corrected chi connectivity index (χ2v) is 28.9. The van der Waals surface area contributed by atoms with Crippen molar-refractivity contribution in [2.24, 2.45) is 0 Å². The summed E-state index contributed by atoms with van der Waals surface area (Å²) in [7, 11) is 1.21. The molecule has 9 nitrogen and oxygen atoms in total. The van der Waals surface area contributed by atoms with Crippen molar-refractivity contribution in [2.45, 2.75) is 412 Å². The van der Waals surface area contributed by atoms with Crippen LogP contribution in [-0.4, -0.2) is 69.4 Å². The van der Waals surface area contributed by atoms with Gasteiger partial charge in [0, 0.05) is 12.8 Å². The minimum absolute atomic E-state index is 0.0174. The molecule has 0 spiro atoms. The molecule has 10 heteroatoms. The maximum Gasteiger partial charge on any atom is 0.306 e. The van der Waals surface area contributed by atoms with Gasteiger partial charge in [0.25, 0.3) is 7.82 Å². The molecule has 0 heterocycles. The number of ether oxygens (including phenoxy) is 1. The van der Waals surface area contributed by atoms with Crippen molar-refractivity contribution in [3.63, 3.8) is 0 Å². The first-order valence-corrected chi connectivity index (χ1v) is 39.6. The number of hydrogen-bond donors (Lipinski definition) is 1. The molecule has 510 valence electrons. The van der Waals surface area contributed by atoms with Gasteiger partial charge in [-0.3, -0.25) is 14.2 Å². The molecule has 0 aliphatic heterocycles. The highest BCUT2D eigenvalue weighted by molar-refractivity contribution is 7.45. The van der Waals surface area contributed by atoms with Gasteiger partial charge in [0.1, 0.15) is 19.3 Å². The van der Waals surface area contributed by atoms with Crippen LogP contribution in [0.25, 0.3) is 0 Å². The van der Waals surface area contributed by atoms with Gasteiger partial charge in [0.15, 0.2) is 0 Å². The first kappa shape index (κ1) is 84.5. The Kier molecular flexibility index (Phi) is 65.2. The fourth-order valence-electron chi connectivity index (χ4n) is 11.8. The Balaban J connectivity index is 4.93.